The molecule has 112 valence electrons. The Balaban J connectivity index is 1.86. The van der Waals surface area contributed by atoms with Crippen molar-refractivity contribution in [3.8, 4) is 5.69 Å². The SMILES string of the molecule is CCOC(=O)CCN(C)Cc1ccn(-c2ccccc2)n1. The number of para-hydroxylation sites is 1. The number of hydrogen-bond donors (Lipinski definition) is 0. The minimum Gasteiger partial charge on any atom is -0.466 e. The van der Waals surface area contributed by atoms with E-state index in [4.69, 9.17) is 4.74 Å². The van der Waals surface area contributed by atoms with E-state index in [-0.39, 0.29) is 5.97 Å². The van der Waals surface area contributed by atoms with Gasteiger partial charge in [0, 0.05) is 19.3 Å². The van der Waals surface area contributed by atoms with Crippen LogP contribution in [0.25, 0.3) is 5.69 Å². The van der Waals surface area contributed by atoms with Crippen LogP contribution < -0.4 is 0 Å². The quantitative estimate of drug-likeness (QED) is 0.733. The molecule has 2 rings (SSSR count). The van der Waals surface area contributed by atoms with Crippen LogP contribution in [-0.2, 0) is 16.1 Å². The summed E-state index contributed by atoms with van der Waals surface area (Å²) in [5, 5.41) is 4.54. The third-order valence-electron chi connectivity index (χ3n) is 3.10. The molecule has 0 aliphatic rings. The molecule has 0 atom stereocenters. The molecule has 0 amide bonds. The van der Waals surface area contributed by atoms with Crippen LogP contribution in [-0.4, -0.2) is 40.8 Å². The Morgan fingerprint density at radius 3 is 2.76 bits per heavy atom. The molecule has 1 heterocycles. The summed E-state index contributed by atoms with van der Waals surface area (Å²) in [6, 6.07) is 12.0. The van der Waals surface area contributed by atoms with Crippen LogP contribution in [0.15, 0.2) is 42.6 Å². The molecule has 0 saturated heterocycles. The van der Waals surface area contributed by atoms with Crippen molar-refractivity contribution in [3.05, 3.63) is 48.3 Å². The first kappa shape index (κ1) is 15.3. The standard InChI is InChI=1S/C16H21N3O2/c1-3-21-16(20)10-11-18(2)13-14-9-12-19(17-14)15-7-5-4-6-8-15/h4-9,12H,3,10-11,13H2,1-2H3. The van der Waals surface area contributed by atoms with Gasteiger partial charge >= 0.3 is 5.97 Å². The molecule has 1 aromatic heterocycles. The summed E-state index contributed by atoms with van der Waals surface area (Å²) in [6.45, 7) is 3.62. The summed E-state index contributed by atoms with van der Waals surface area (Å²) >= 11 is 0. The summed E-state index contributed by atoms with van der Waals surface area (Å²) in [5.41, 5.74) is 2.02. The van der Waals surface area contributed by atoms with E-state index in [0.29, 0.717) is 26.1 Å². The van der Waals surface area contributed by atoms with E-state index >= 15 is 0 Å². The first-order valence-corrected chi connectivity index (χ1v) is 7.13. The number of benzene rings is 1. The molecular formula is C16H21N3O2. The van der Waals surface area contributed by atoms with Crippen molar-refractivity contribution in [2.45, 2.75) is 19.9 Å². The molecule has 0 fully saturated rings. The van der Waals surface area contributed by atoms with E-state index in [1.165, 1.54) is 0 Å². The van der Waals surface area contributed by atoms with Gasteiger partial charge in [0.2, 0.25) is 0 Å². The van der Waals surface area contributed by atoms with Crippen LogP contribution in [0.3, 0.4) is 0 Å². The molecule has 0 saturated carbocycles. The highest BCUT2D eigenvalue weighted by molar-refractivity contribution is 5.69. The molecule has 5 nitrogen and oxygen atoms in total. The van der Waals surface area contributed by atoms with E-state index in [2.05, 4.69) is 10.00 Å². The van der Waals surface area contributed by atoms with Gasteiger partial charge in [0.25, 0.3) is 0 Å². The van der Waals surface area contributed by atoms with Crippen LogP contribution in [0.1, 0.15) is 19.0 Å². The number of aromatic nitrogens is 2. The molecule has 0 bridgehead atoms. The number of hydrogen-bond acceptors (Lipinski definition) is 4. The highest BCUT2D eigenvalue weighted by atomic mass is 16.5. The maximum absolute atomic E-state index is 11.3. The topological polar surface area (TPSA) is 47.4 Å². The number of rotatable bonds is 7. The van der Waals surface area contributed by atoms with Gasteiger partial charge in [-0.2, -0.15) is 5.10 Å². The van der Waals surface area contributed by atoms with Gasteiger partial charge in [-0.15, -0.1) is 0 Å². The summed E-state index contributed by atoms with van der Waals surface area (Å²) in [4.78, 5) is 13.4. The van der Waals surface area contributed by atoms with Gasteiger partial charge in [-0.1, -0.05) is 18.2 Å². The fourth-order valence-corrected chi connectivity index (χ4v) is 2.04. The Hall–Kier alpha value is -2.14. The number of nitrogens with zero attached hydrogens (tertiary/aromatic N) is 3. The van der Waals surface area contributed by atoms with Crippen LogP contribution in [0.2, 0.25) is 0 Å². The van der Waals surface area contributed by atoms with Crippen molar-refractivity contribution in [3.63, 3.8) is 0 Å². The van der Waals surface area contributed by atoms with E-state index in [0.717, 1.165) is 11.4 Å². The summed E-state index contributed by atoms with van der Waals surface area (Å²) in [5.74, 6) is -0.154. The van der Waals surface area contributed by atoms with Crippen molar-refractivity contribution in [2.24, 2.45) is 0 Å². The van der Waals surface area contributed by atoms with Crippen LogP contribution in [0.5, 0.6) is 0 Å². The normalized spacial score (nSPS) is 10.8. The number of carbonyl (C=O) groups is 1. The van der Waals surface area contributed by atoms with Gasteiger partial charge in [0.15, 0.2) is 0 Å². The lowest BCUT2D eigenvalue weighted by molar-refractivity contribution is -0.143. The van der Waals surface area contributed by atoms with E-state index in [1.807, 2.05) is 61.2 Å². The molecule has 1 aromatic carbocycles. The first-order chi connectivity index (χ1) is 10.2. The Morgan fingerprint density at radius 1 is 1.29 bits per heavy atom. The Bertz CT molecular complexity index is 566. The van der Waals surface area contributed by atoms with Gasteiger partial charge < -0.3 is 4.74 Å². The van der Waals surface area contributed by atoms with Crippen molar-refractivity contribution < 1.29 is 9.53 Å². The molecule has 21 heavy (non-hydrogen) atoms. The second kappa shape index (κ2) is 7.59. The summed E-state index contributed by atoms with van der Waals surface area (Å²) in [7, 11) is 1.97. The van der Waals surface area contributed by atoms with Gasteiger partial charge in [-0.05, 0) is 32.2 Å². The Kier molecular flexibility index (Phi) is 5.51. The van der Waals surface area contributed by atoms with Crippen molar-refractivity contribution in [1.82, 2.24) is 14.7 Å². The van der Waals surface area contributed by atoms with E-state index in [1.54, 1.807) is 0 Å². The van der Waals surface area contributed by atoms with Gasteiger partial charge in [0.05, 0.1) is 24.4 Å². The van der Waals surface area contributed by atoms with Gasteiger partial charge in [-0.25, -0.2) is 4.68 Å². The lowest BCUT2D eigenvalue weighted by Gasteiger charge is -2.14. The van der Waals surface area contributed by atoms with Crippen LogP contribution in [0.4, 0.5) is 0 Å². The van der Waals surface area contributed by atoms with E-state index in [9.17, 15) is 4.79 Å². The lowest BCUT2D eigenvalue weighted by Crippen LogP contribution is -2.22. The molecule has 0 unspecified atom stereocenters. The first-order valence-electron chi connectivity index (χ1n) is 7.13. The van der Waals surface area contributed by atoms with Crippen molar-refractivity contribution in [1.29, 1.82) is 0 Å². The predicted molar refractivity (Wildman–Crippen MR) is 81.1 cm³/mol. The molecule has 0 aliphatic heterocycles. The highest BCUT2D eigenvalue weighted by Gasteiger charge is 2.08. The third-order valence-corrected chi connectivity index (χ3v) is 3.10. The highest BCUT2D eigenvalue weighted by Crippen LogP contribution is 2.08. The maximum Gasteiger partial charge on any atom is 0.307 e. The molecule has 0 aliphatic carbocycles. The van der Waals surface area contributed by atoms with Crippen molar-refractivity contribution in [2.75, 3.05) is 20.2 Å². The molecule has 0 radical (unpaired) electrons. The van der Waals surface area contributed by atoms with Crippen LogP contribution in [0, 0.1) is 0 Å². The molecule has 5 heteroatoms. The molecule has 0 spiro atoms. The summed E-state index contributed by atoms with van der Waals surface area (Å²) in [6.07, 6.45) is 2.35. The number of esters is 1. The monoisotopic (exact) mass is 287 g/mol. The number of carbonyl (C=O) groups excluding carboxylic acids is 1. The smallest absolute Gasteiger partial charge is 0.307 e. The minimum atomic E-state index is -0.154. The molecular weight excluding hydrogens is 266 g/mol. The predicted octanol–water partition coefficient (Wildman–Crippen LogP) is 2.26. The zero-order valence-electron chi connectivity index (χ0n) is 12.5. The zero-order valence-corrected chi connectivity index (χ0v) is 12.5. The average molecular weight is 287 g/mol. The number of ether oxygens (including phenoxy) is 1. The van der Waals surface area contributed by atoms with Crippen molar-refractivity contribution >= 4 is 5.97 Å². The second-order valence-electron chi connectivity index (χ2n) is 4.88. The third kappa shape index (κ3) is 4.72. The van der Waals surface area contributed by atoms with Gasteiger partial charge in [0.1, 0.15) is 0 Å². The molecule has 0 N–H and O–H groups in total. The largest absolute Gasteiger partial charge is 0.466 e. The Morgan fingerprint density at radius 2 is 2.05 bits per heavy atom. The fraction of sp³-hybridized carbons (Fsp3) is 0.375. The second-order valence-corrected chi connectivity index (χ2v) is 4.88. The summed E-state index contributed by atoms with van der Waals surface area (Å²) < 4.78 is 6.77. The minimum absolute atomic E-state index is 0.154. The average Bonchev–Trinajstić information content (AvgIpc) is 2.95. The fourth-order valence-electron chi connectivity index (χ4n) is 2.04. The maximum atomic E-state index is 11.3. The lowest BCUT2D eigenvalue weighted by atomic mass is 10.3. The Labute approximate surface area is 125 Å². The van der Waals surface area contributed by atoms with E-state index < -0.39 is 0 Å². The zero-order chi connectivity index (χ0) is 15.1. The van der Waals surface area contributed by atoms with Crippen LogP contribution >= 0.6 is 0 Å². The van der Waals surface area contributed by atoms with Gasteiger partial charge in [-0.3, -0.25) is 9.69 Å². The molecule has 2 aromatic rings.